The third-order valence-electron chi connectivity index (χ3n) is 1.14. The van der Waals surface area contributed by atoms with E-state index in [0.29, 0.717) is 15.9 Å². The molecule has 7 heteroatoms. The molecule has 1 heterocycles. The van der Waals surface area contributed by atoms with E-state index in [0.717, 1.165) is 0 Å². The van der Waals surface area contributed by atoms with Crippen molar-refractivity contribution >= 4 is 21.3 Å². The van der Waals surface area contributed by atoms with Crippen molar-refractivity contribution in [2.45, 2.75) is 6.42 Å². The zero-order chi connectivity index (χ0) is 7.78. The molecule has 0 radical (unpaired) electrons. The minimum absolute atomic E-state index is 0.158. The van der Waals surface area contributed by atoms with Crippen LogP contribution in [0.1, 0.15) is 6.42 Å². The van der Waals surface area contributed by atoms with Crippen molar-refractivity contribution in [1.29, 1.82) is 0 Å². The molecule has 0 aromatic heterocycles. The van der Waals surface area contributed by atoms with Crippen molar-refractivity contribution in [2.24, 2.45) is 0 Å². The Bertz CT molecular complexity index is 245. The van der Waals surface area contributed by atoms with E-state index in [4.69, 9.17) is 4.55 Å². The summed E-state index contributed by atoms with van der Waals surface area (Å²) in [5, 5.41) is 0. The maximum Gasteiger partial charge on any atom is 0.347 e. The van der Waals surface area contributed by atoms with Gasteiger partial charge in [-0.15, -0.1) is 0 Å². The van der Waals surface area contributed by atoms with Crippen LogP contribution in [0.3, 0.4) is 0 Å². The van der Waals surface area contributed by atoms with Gasteiger partial charge in [0.15, 0.2) is 0 Å². The highest BCUT2D eigenvalue weighted by Crippen LogP contribution is 2.11. The fourth-order valence-corrected chi connectivity index (χ4v) is 3.08. The maximum atomic E-state index is 10.7. The highest BCUT2D eigenvalue weighted by molar-refractivity contribution is 7.98. The molecule has 1 rings (SSSR count). The molecule has 1 atom stereocenters. The highest BCUT2D eigenvalue weighted by Gasteiger charge is 2.29. The maximum absolute atomic E-state index is 10.7. The minimum Gasteiger partial charge on any atom is -0.273 e. The van der Waals surface area contributed by atoms with E-state index >= 15 is 0 Å². The van der Waals surface area contributed by atoms with Crippen molar-refractivity contribution in [1.82, 2.24) is 3.71 Å². The molecular weight excluding hydrogens is 178 g/mol. The van der Waals surface area contributed by atoms with Gasteiger partial charge in [-0.1, -0.05) is 3.71 Å². The summed E-state index contributed by atoms with van der Waals surface area (Å²) in [6.07, 6.45) is 0.548. The van der Waals surface area contributed by atoms with E-state index in [1.807, 2.05) is 0 Å². The summed E-state index contributed by atoms with van der Waals surface area (Å²) >= 11 is 0. The van der Waals surface area contributed by atoms with Gasteiger partial charge < -0.3 is 0 Å². The van der Waals surface area contributed by atoms with Crippen LogP contribution in [0.15, 0.2) is 0 Å². The van der Waals surface area contributed by atoms with Gasteiger partial charge in [0.05, 0.1) is 0 Å². The first-order valence-electron chi connectivity index (χ1n) is 2.65. The third kappa shape index (κ3) is 1.54. The second-order valence-corrected chi connectivity index (χ2v) is 4.94. The van der Waals surface area contributed by atoms with E-state index in [-0.39, 0.29) is 6.54 Å². The van der Waals surface area contributed by atoms with Crippen LogP contribution < -0.4 is 0 Å². The normalized spacial score (nSPS) is 29.1. The number of nitrogens with zero attached hydrogens (tertiary/aromatic N) is 1. The van der Waals surface area contributed by atoms with Gasteiger partial charge in [-0.2, -0.15) is 8.42 Å². The molecule has 1 fully saturated rings. The van der Waals surface area contributed by atoms with Crippen molar-refractivity contribution in [3.05, 3.63) is 0 Å². The third-order valence-corrected chi connectivity index (χ3v) is 4.18. The van der Waals surface area contributed by atoms with E-state index in [1.54, 1.807) is 0 Å². The van der Waals surface area contributed by atoms with Gasteiger partial charge in [0.25, 0.3) is 0 Å². The Kier molecular flexibility index (Phi) is 2.09. The first-order chi connectivity index (χ1) is 4.52. The predicted molar refractivity (Wildman–Crippen MR) is 35.9 cm³/mol. The van der Waals surface area contributed by atoms with Gasteiger partial charge in [-0.3, -0.25) is 4.55 Å². The second-order valence-electron chi connectivity index (χ2n) is 1.88. The Morgan fingerprint density at radius 3 is 2.30 bits per heavy atom. The molecular formula is C3H7NO4S2. The molecule has 60 valence electrons. The topological polar surface area (TPSA) is 74.7 Å². The molecule has 0 spiro atoms. The molecule has 1 saturated heterocycles. The molecule has 0 bridgehead atoms. The summed E-state index contributed by atoms with van der Waals surface area (Å²) in [5.41, 5.74) is 0. The van der Waals surface area contributed by atoms with E-state index < -0.39 is 21.3 Å². The number of rotatable bonds is 1. The van der Waals surface area contributed by atoms with Crippen LogP contribution in [0.2, 0.25) is 0 Å². The molecule has 0 saturated carbocycles. The molecule has 1 unspecified atom stereocenters. The molecule has 0 aliphatic carbocycles. The smallest absolute Gasteiger partial charge is 0.273 e. The summed E-state index contributed by atoms with van der Waals surface area (Å²) in [5.74, 6) is 0.319. The summed E-state index contributed by atoms with van der Waals surface area (Å²) in [4.78, 5) is 0. The summed E-state index contributed by atoms with van der Waals surface area (Å²) in [6, 6.07) is 0. The fourth-order valence-electron chi connectivity index (χ4n) is 0.741. The van der Waals surface area contributed by atoms with E-state index in [9.17, 15) is 12.6 Å². The van der Waals surface area contributed by atoms with Crippen molar-refractivity contribution in [3.63, 3.8) is 0 Å². The molecule has 1 N–H and O–H groups in total. The Hall–Kier alpha value is 0.0200. The Morgan fingerprint density at radius 2 is 2.10 bits per heavy atom. The fraction of sp³-hybridized carbons (Fsp3) is 1.00. The lowest BCUT2D eigenvalue weighted by Crippen LogP contribution is -2.27. The van der Waals surface area contributed by atoms with Crippen molar-refractivity contribution in [3.8, 4) is 0 Å². The second kappa shape index (κ2) is 2.57. The standard InChI is InChI=1S/C3H7NO4S2/c5-9-3-1-2-4(9)10(6,7)8/h1-3H2,(H,6,7,8). The predicted octanol–water partition coefficient (Wildman–Crippen LogP) is -0.841. The summed E-state index contributed by atoms with van der Waals surface area (Å²) in [7, 11) is -5.75. The molecule has 1 aliphatic rings. The minimum atomic E-state index is -4.22. The van der Waals surface area contributed by atoms with Gasteiger partial charge in [0.1, 0.15) is 11.0 Å². The van der Waals surface area contributed by atoms with Crippen LogP contribution in [-0.4, -0.2) is 33.2 Å². The molecule has 10 heavy (non-hydrogen) atoms. The largest absolute Gasteiger partial charge is 0.347 e. The number of hydrogen-bond donors (Lipinski definition) is 1. The molecule has 0 amide bonds. The van der Waals surface area contributed by atoms with Crippen LogP contribution in [0.25, 0.3) is 0 Å². The SMILES string of the molecule is O=S1CCCN1S(=O)(=O)O. The quantitative estimate of drug-likeness (QED) is 0.540. The van der Waals surface area contributed by atoms with Gasteiger partial charge in [0.2, 0.25) is 0 Å². The zero-order valence-electron chi connectivity index (χ0n) is 5.06. The van der Waals surface area contributed by atoms with Crippen molar-refractivity contribution < 1.29 is 17.2 Å². The Labute approximate surface area is 61.5 Å². The summed E-state index contributed by atoms with van der Waals surface area (Å²) in [6.45, 7) is 0.158. The highest BCUT2D eigenvalue weighted by atomic mass is 32.3. The zero-order valence-corrected chi connectivity index (χ0v) is 6.69. The first-order valence-corrected chi connectivity index (χ1v) is 5.33. The van der Waals surface area contributed by atoms with Gasteiger partial charge in [0, 0.05) is 12.3 Å². The average Bonchev–Trinajstić information content (AvgIpc) is 2.11. The van der Waals surface area contributed by atoms with Crippen LogP contribution in [-0.2, 0) is 21.3 Å². The van der Waals surface area contributed by atoms with Gasteiger partial charge >= 0.3 is 10.3 Å². The summed E-state index contributed by atoms with van der Waals surface area (Å²) < 4.78 is 40.4. The lowest BCUT2D eigenvalue weighted by molar-refractivity contribution is 0.435. The molecule has 1 aliphatic heterocycles. The molecule has 5 nitrogen and oxygen atoms in total. The molecule has 0 aromatic rings. The van der Waals surface area contributed by atoms with Crippen molar-refractivity contribution in [2.75, 3.05) is 12.3 Å². The van der Waals surface area contributed by atoms with Crippen LogP contribution in [0.4, 0.5) is 0 Å². The van der Waals surface area contributed by atoms with E-state index in [2.05, 4.69) is 0 Å². The first kappa shape index (κ1) is 8.12. The van der Waals surface area contributed by atoms with Crippen LogP contribution in [0, 0.1) is 0 Å². The van der Waals surface area contributed by atoms with Gasteiger partial charge in [-0.05, 0) is 6.42 Å². The van der Waals surface area contributed by atoms with E-state index in [1.165, 1.54) is 0 Å². The van der Waals surface area contributed by atoms with Gasteiger partial charge in [-0.25, -0.2) is 4.21 Å². The lowest BCUT2D eigenvalue weighted by atomic mass is 10.5. The Balaban J connectivity index is 2.84. The lowest BCUT2D eigenvalue weighted by Gasteiger charge is -2.06. The van der Waals surface area contributed by atoms with Crippen LogP contribution in [0.5, 0.6) is 0 Å². The average molecular weight is 185 g/mol. The van der Waals surface area contributed by atoms with Crippen LogP contribution >= 0.6 is 0 Å². The number of hydrogen-bond acceptors (Lipinski definition) is 3. The molecule has 0 aromatic carbocycles. The Morgan fingerprint density at radius 1 is 1.50 bits per heavy atom. The monoisotopic (exact) mass is 185 g/mol.